The standard InChI is InChI=1S/C29H39N3O3/c1-34-28(33)17-26(24-5-2-4-23(16-24)25-12-15-35-20-25)19-32-14-11-21(18-32)7-9-27-10-8-22-6-3-13-30-29(22)31-27/h2,4-5,8,10,16,21,25-26H,3,6-7,9,11-15,17-20H2,1H3,(H,30,31)/t21-,25?,26?/m1/s1. The molecule has 2 fully saturated rings. The molecule has 2 saturated heterocycles. The number of carbonyl (C=O) groups excluding carboxylic acids is 1. The number of rotatable bonds is 9. The summed E-state index contributed by atoms with van der Waals surface area (Å²) in [5.41, 5.74) is 5.14. The van der Waals surface area contributed by atoms with Crippen LogP contribution in [-0.2, 0) is 27.1 Å². The van der Waals surface area contributed by atoms with Gasteiger partial charge in [-0.3, -0.25) is 4.79 Å². The van der Waals surface area contributed by atoms with Crippen LogP contribution >= 0.6 is 0 Å². The van der Waals surface area contributed by atoms with E-state index in [-0.39, 0.29) is 11.9 Å². The number of hydrogen-bond donors (Lipinski definition) is 1. The lowest BCUT2D eigenvalue weighted by molar-refractivity contribution is -0.141. The third-order valence-corrected chi connectivity index (χ3v) is 8.03. The molecule has 1 aromatic heterocycles. The monoisotopic (exact) mass is 477 g/mol. The van der Waals surface area contributed by atoms with Crippen molar-refractivity contribution in [1.29, 1.82) is 0 Å². The highest BCUT2D eigenvalue weighted by Crippen LogP contribution is 2.31. The van der Waals surface area contributed by atoms with Gasteiger partial charge in [0.1, 0.15) is 5.82 Å². The Labute approximate surface area is 209 Å². The number of carbonyl (C=O) groups is 1. The van der Waals surface area contributed by atoms with Crippen LogP contribution in [0.4, 0.5) is 5.82 Å². The minimum atomic E-state index is -0.132. The first-order valence-electron chi connectivity index (χ1n) is 13.4. The lowest BCUT2D eigenvalue weighted by Crippen LogP contribution is -2.28. The quantitative estimate of drug-likeness (QED) is 0.535. The van der Waals surface area contributed by atoms with Crippen LogP contribution in [0.1, 0.15) is 66.3 Å². The highest BCUT2D eigenvalue weighted by Gasteiger charge is 2.27. The molecule has 4 heterocycles. The Morgan fingerprint density at radius 2 is 2.23 bits per heavy atom. The third-order valence-electron chi connectivity index (χ3n) is 8.03. The van der Waals surface area contributed by atoms with Crippen LogP contribution in [-0.4, -0.2) is 62.4 Å². The van der Waals surface area contributed by atoms with Crippen molar-refractivity contribution < 1.29 is 14.3 Å². The van der Waals surface area contributed by atoms with Crippen LogP contribution in [0.3, 0.4) is 0 Å². The molecule has 0 aliphatic carbocycles. The first-order chi connectivity index (χ1) is 17.2. The number of fused-ring (bicyclic) bond motifs is 1. The van der Waals surface area contributed by atoms with Gasteiger partial charge < -0.3 is 19.7 Å². The van der Waals surface area contributed by atoms with Crippen molar-refractivity contribution in [3.8, 4) is 0 Å². The molecule has 3 atom stereocenters. The average Bonchev–Trinajstić information content (AvgIpc) is 3.60. The van der Waals surface area contributed by atoms with Gasteiger partial charge in [0, 0.05) is 43.8 Å². The highest BCUT2D eigenvalue weighted by atomic mass is 16.5. The van der Waals surface area contributed by atoms with Crippen molar-refractivity contribution >= 4 is 11.8 Å². The van der Waals surface area contributed by atoms with E-state index in [1.54, 1.807) is 0 Å². The highest BCUT2D eigenvalue weighted by molar-refractivity contribution is 5.70. The molecule has 0 saturated carbocycles. The van der Waals surface area contributed by atoms with Crippen LogP contribution in [0.5, 0.6) is 0 Å². The van der Waals surface area contributed by atoms with Gasteiger partial charge in [-0.15, -0.1) is 0 Å². The molecule has 6 heteroatoms. The number of benzene rings is 1. The molecular formula is C29H39N3O3. The second-order valence-corrected chi connectivity index (χ2v) is 10.5. The number of esters is 1. The molecule has 35 heavy (non-hydrogen) atoms. The number of likely N-dealkylation sites (tertiary alicyclic amines) is 1. The third kappa shape index (κ3) is 6.22. The van der Waals surface area contributed by atoms with Gasteiger partial charge in [-0.2, -0.15) is 0 Å². The Morgan fingerprint density at radius 3 is 3.09 bits per heavy atom. The summed E-state index contributed by atoms with van der Waals surface area (Å²) < 4.78 is 10.7. The van der Waals surface area contributed by atoms with E-state index in [0.717, 1.165) is 64.5 Å². The minimum absolute atomic E-state index is 0.132. The van der Waals surface area contributed by atoms with Crippen molar-refractivity contribution in [2.24, 2.45) is 5.92 Å². The number of aryl methyl sites for hydroxylation is 2. The van der Waals surface area contributed by atoms with Gasteiger partial charge in [0.05, 0.1) is 20.1 Å². The maximum absolute atomic E-state index is 12.3. The Kier molecular flexibility index (Phi) is 7.99. The predicted molar refractivity (Wildman–Crippen MR) is 138 cm³/mol. The van der Waals surface area contributed by atoms with Gasteiger partial charge >= 0.3 is 5.97 Å². The van der Waals surface area contributed by atoms with Gasteiger partial charge in [-0.25, -0.2) is 4.98 Å². The summed E-state index contributed by atoms with van der Waals surface area (Å²) in [6.07, 6.45) is 7.25. The molecule has 0 bridgehead atoms. The maximum Gasteiger partial charge on any atom is 0.306 e. The summed E-state index contributed by atoms with van der Waals surface area (Å²) in [5.74, 6) is 2.27. The molecule has 6 nitrogen and oxygen atoms in total. The number of aromatic nitrogens is 1. The van der Waals surface area contributed by atoms with E-state index in [4.69, 9.17) is 14.5 Å². The van der Waals surface area contributed by atoms with Crippen LogP contribution in [0.15, 0.2) is 36.4 Å². The number of pyridine rings is 1. The van der Waals surface area contributed by atoms with Crippen LogP contribution < -0.4 is 5.32 Å². The molecule has 2 unspecified atom stereocenters. The Bertz CT molecular complexity index is 1000. The summed E-state index contributed by atoms with van der Waals surface area (Å²) >= 11 is 0. The fourth-order valence-electron chi connectivity index (χ4n) is 5.92. The van der Waals surface area contributed by atoms with Gasteiger partial charge in [-0.1, -0.05) is 30.3 Å². The number of anilines is 1. The molecule has 0 amide bonds. The summed E-state index contributed by atoms with van der Waals surface area (Å²) in [4.78, 5) is 19.7. The molecule has 0 radical (unpaired) electrons. The fourth-order valence-corrected chi connectivity index (χ4v) is 5.92. The maximum atomic E-state index is 12.3. The summed E-state index contributed by atoms with van der Waals surface area (Å²) in [5, 5.41) is 3.45. The van der Waals surface area contributed by atoms with Crippen molar-refractivity contribution in [2.45, 2.75) is 56.8 Å². The molecule has 188 valence electrons. The average molecular weight is 478 g/mol. The number of nitrogens with one attached hydrogen (secondary N) is 1. The van der Waals surface area contributed by atoms with Crippen molar-refractivity contribution in [2.75, 3.05) is 51.8 Å². The Hall–Kier alpha value is -2.44. The zero-order valence-electron chi connectivity index (χ0n) is 21.0. The van der Waals surface area contributed by atoms with Gasteiger partial charge in [0.15, 0.2) is 0 Å². The van der Waals surface area contributed by atoms with E-state index < -0.39 is 0 Å². The Balaban J connectivity index is 1.19. The topological polar surface area (TPSA) is 63.7 Å². The van der Waals surface area contributed by atoms with E-state index in [0.29, 0.717) is 18.3 Å². The SMILES string of the molecule is COC(=O)CC(CN1CC[C@@H](CCc2ccc3c(n2)NCCC3)C1)c1cccc(C2CCOC2)c1. The van der Waals surface area contributed by atoms with Crippen LogP contribution in [0.25, 0.3) is 0 Å². The van der Waals surface area contributed by atoms with Crippen LogP contribution in [0, 0.1) is 5.92 Å². The van der Waals surface area contributed by atoms with Gasteiger partial charge in [-0.05, 0) is 73.7 Å². The molecule has 1 aromatic carbocycles. The molecule has 3 aliphatic rings. The molecule has 0 spiro atoms. The van der Waals surface area contributed by atoms with E-state index in [9.17, 15) is 4.79 Å². The summed E-state index contributed by atoms with van der Waals surface area (Å²) in [6, 6.07) is 13.3. The molecule has 2 aromatic rings. The zero-order valence-corrected chi connectivity index (χ0v) is 21.0. The van der Waals surface area contributed by atoms with E-state index in [2.05, 4.69) is 46.6 Å². The molecule has 5 rings (SSSR count). The lowest BCUT2D eigenvalue weighted by atomic mass is 9.90. The zero-order chi connectivity index (χ0) is 24.0. The van der Waals surface area contributed by atoms with E-state index >= 15 is 0 Å². The summed E-state index contributed by atoms with van der Waals surface area (Å²) in [6.45, 7) is 5.76. The molecular weight excluding hydrogens is 438 g/mol. The van der Waals surface area contributed by atoms with Crippen molar-refractivity contribution in [3.63, 3.8) is 0 Å². The minimum Gasteiger partial charge on any atom is -0.469 e. The number of methoxy groups -OCH3 is 1. The van der Waals surface area contributed by atoms with Crippen molar-refractivity contribution in [3.05, 3.63) is 58.8 Å². The molecule has 3 aliphatic heterocycles. The fraction of sp³-hybridized carbons (Fsp3) is 0.586. The summed E-state index contributed by atoms with van der Waals surface area (Å²) in [7, 11) is 1.49. The smallest absolute Gasteiger partial charge is 0.306 e. The Morgan fingerprint density at radius 1 is 1.29 bits per heavy atom. The van der Waals surface area contributed by atoms with E-state index in [1.807, 2.05) is 0 Å². The van der Waals surface area contributed by atoms with Gasteiger partial charge in [0.2, 0.25) is 0 Å². The lowest BCUT2D eigenvalue weighted by Gasteiger charge is -2.24. The number of nitrogens with zero attached hydrogens (tertiary/aromatic N) is 2. The normalized spacial score (nSPS) is 23.0. The number of ether oxygens (including phenoxy) is 2. The predicted octanol–water partition coefficient (Wildman–Crippen LogP) is 4.55. The second kappa shape index (κ2) is 11.5. The first kappa shape index (κ1) is 24.3. The van der Waals surface area contributed by atoms with Crippen molar-refractivity contribution in [1.82, 2.24) is 9.88 Å². The van der Waals surface area contributed by atoms with E-state index in [1.165, 1.54) is 48.8 Å². The van der Waals surface area contributed by atoms with Crippen LogP contribution in [0.2, 0.25) is 0 Å². The second-order valence-electron chi connectivity index (χ2n) is 10.5. The number of hydrogen-bond acceptors (Lipinski definition) is 6. The van der Waals surface area contributed by atoms with Gasteiger partial charge in [0.25, 0.3) is 0 Å². The first-order valence-corrected chi connectivity index (χ1v) is 13.4. The largest absolute Gasteiger partial charge is 0.469 e. The molecule has 1 N–H and O–H groups in total.